The molecule has 0 aliphatic rings. The first-order valence-corrected chi connectivity index (χ1v) is 4.38. The molecule has 0 saturated carbocycles. The standard InChI is InChI=1S/C9H14N2O2/c1-8-6-9(13)11(7-10-8)4-2-3-5-12/h6-7,12H,2-5H2,1H3. The van der Waals surface area contributed by atoms with Gasteiger partial charge in [-0.05, 0) is 19.8 Å². The van der Waals surface area contributed by atoms with E-state index >= 15 is 0 Å². The highest BCUT2D eigenvalue weighted by molar-refractivity contribution is 4.95. The average molecular weight is 182 g/mol. The van der Waals surface area contributed by atoms with Crippen molar-refractivity contribution < 1.29 is 5.11 Å². The van der Waals surface area contributed by atoms with Crippen LogP contribution in [0.3, 0.4) is 0 Å². The van der Waals surface area contributed by atoms with Crippen molar-refractivity contribution in [3.05, 3.63) is 28.4 Å². The van der Waals surface area contributed by atoms with Crippen molar-refractivity contribution in [1.29, 1.82) is 0 Å². The van der Waals surface area contributed by atoms with Crippen LogP contribution in [0, 0.1) is 6.92 Å². The van der Waals surface area contributed by atoms with Crippen LogP contribution in [0.4, 0.5) is 0 Å². The van der Waals surface area contributed by atoms with Crippen LogP contribution in [-0.2, 0) is 6.54 Å². The number of nitrogens with zero attached hydrogens (tertiary/aromatic N) is 2. The molecule has 0 aliphatic carbocycles. The second kappa shape index (κ2) is 4.77. The molecule has 1 heterocycles. The molecule has 4 nitrogen and oxygen atoms in total. The van der Waals surface area contributed by atoms with Crippen LogP contribution in [0.15, 0.2) is 17.2 Å². The van der Waals surface area contributed by atoms with Crippen molar-refractivity contribution >= 4 is 0 Å². The largest absolute Gasteiger partial charge is 0.396 e. The monoisotopic (exact) mass is 182 g/mol. The molecule has 4 heteroatoms. The SMILES string of the molecule is Cc1cc(=O)n(CCCCO)cn1. The summed E-state index contributed by atoms with van der Waals surface area (Å²) in [7, 11) is 0. The van der Waals surface area contributed by atoms with Gasteiger partial charge in [0.25, 0.3) is 5.56 Å². The highest BCUT2D eigenvalue weighted by atomic mass is 16.2. The number of rotatable bonds is 4. The average Bonchev–Trinajstić information content (AvgIpc) is 2.09. The van der Waals surface area contributed by atoms with E-state index in [1.807, 2.05) is 0 Å². The molecule has 0 bridgehead atoms. The van der Waals surface area contributed by atoms with E-state index in [1.165, 1.54) is 6.07 Å². The number of aliphatic hydroxyl groups is 1. The number of hydrogen-bond acceptors (Lipinski definition) is 3. The van der Waals surface area contributed by atoms with E-state index < -0.39 is 0 Å². The van der Waals surface area contributed by atoms with Gasteiger partial charge in [0.1, 0.15) is 0 Å². The molecular weight excluding hydrogens is 168 g/mol. The van der Waals surface area contributed by atoms with Crippen LogP contribution in [-0.4, -0.2) is 21.3 Å². The van der Waals surface area contributed by atoms with Crippen molar-refractivity contribution in [3.8, 4) is 0 Å². The van der Waals surface area contributed by atoms with Gasteiger partial charge in [0, 0.05) is 24.9 Å². The predicted molar refractivity (Wildman–Crippen MR) is 49.6 cm³/mol. The van der Waals surface area contributed by atoms with E-state index in [0.717, 1.165) is 18.5 Å². The highest BCUT2D eigenvalue weighted by Gasteiger charge is 1.95. The zero-order valence-corrected chi connectivity index (χ0v) is 7.73. The molecule has 1 rings (SSSR count). The number of aromatic nitrogens is 2. The Labute approximate surface area is 76.9 Å². The van der Waals surface area contributed by atoms with Crippen LogP contribution in [0.2, 0.25) is 0 Å². The van der Waals surface area contributed by atoms with Gasteiger partial charge < -0.3 is 5.11 Å². The van der Waals surface area contributed by atoms with Crippen LogP contribution in [0.1, 0.15) is 18.5 Å². The minimum atomic E-state index is -0.0227. The van der Waals surface area contributed by atoms with E-state index in [0.29, 0.717) is 6.54 Å². The second-order valence-corrected chi connectivity index (χ2v) is 2.99. The summed E-state index contributed by atoms with van der Waals surface area (Å²) >= 11 is 0. The molecule has 1 aromatic rings. The molecule has 0 atom stereocenters. The van der Waals surface area contributed by atoms with E-state index in [-0.39, 0.29) is 12.2 Å². The third-order valence-corrected chi connectivity index (χ3v) is 1.82. The number of aryl methyl sites for hydroxylation is 2. The summed E-state index contributed by atoms with van der Waals surface area (Å²) in [5.74, 6) is 0. The third-order valence-electron chi connectivity index (χ3n) is 1.82. The minimum Gasteiger partial charge on any atom is -0.396 e. The first-order valence-electron chi connectivity index (χ1n) is 4.38. The van der Waals surface area contributed by atoms with Crippen LogP contribution in [0.5, 0.6) is 0 Å². The molecule has 72 valence electrons. The molecule has 1 N–H and O–H groups in total. The topological polar surface area (TPSA) is 55.1 Å². The van der Waals surface area contributed by atoms with Crippen LogP contribution < -0.4 is 5.56 Å². The molecule has 0 unspecified atom stereocenters. The van der Waals surface area contributed by atoms with Crippen molar-refractivity contribution in [2.75, 3.05) is 6.61 Å². The number of aliphatic hydroxyl groups excluding tert-OH is 1. The van der Waals surface area contributed by atoms with Crippen molar-refractivity contribution in [1.82, 2.24) is 9.55 Å². The van der Waals surface area contributed by atoms with Gasteiger partial charge >= 0.3 is 0 Å². The minimum absolute atomic E-state index is 0.0227. The Bertz CT molecular complexity index is 320. The maximum atomic E-state index is 11.3. The Kier molecular flexibility index (Phi) is 3.64. The fraction of sp³-hybridized carbons (Fsp3) is 0.556. The van der Waals surface area contributed by atoms with Crippen molar-refractivity contribution in [3.63, 3.8) is 0 Å². The molecule has 0 saturated heterocycles. The lowest BCUT2D eigenvalue weighted by Crippen LogP contribution is -2.20. The lowest BCUT2D eigenvalue weighted by atomic mass is 10.3. The molecule has 0 fully saturated rings. The Hall–Kier alpha value is -1.16. The summed E-state index contributed by atoms with van der Waals surface area (Å²) < 4.78 is 1.56. The fourth-order valence-electron chi connectivity index (χ4n) is 1.08. The van der Waals surface area contributed by atoms with Crippen molar-refractivity contribution in [2.45, 2.75) is 26.3 Å². The quantitative estimate of drug-likeness (QED) is 0.682. The van der Waals surface area contributed by atoms with E-state index in [4.69, 9.17) is 5.11 Å². The van der Waals surface area contributed by atoms with Crippen molar-refractivity contribution in [2.24, 2.45) is 0 Å². The first-order chi connectivity index (χ1) is 6.24. The lowest BCUT2D eigenvalue weighted by Gasteiger charge is -2.03. The van der Waals surface area contributed by atoms with Gasteiger partial charge in [-0.2, -0.15) is 0 Å². The summed E-state index contributed by atoms with van der Waals surface area (Å²) in [6.07, 6.45) is 3.08. The summed E-state index contributed by atoms with van der Waals surface area (Å²) in [5.41, 5.74) is 0.717. The molecule has 0 aromatic carbocycles. The summed E-state index contributed by atoms with van der Waals surface area (Å²) in [4.78, 5) is 15.3. The van der Waals surface area contributed by atoms with Gasteiger partial charge in [-0.15, -0.1) is 0 Å². The first kappa shape index (κ1) is 9.92. The maximum Gasteiger partial charge on any atom is 0.253 e. The smallest absolute Gasteiger partial charge is 0.253 e. The van der Waals surface area contributed by atoms with Crippen LogP contribution in [0.25, 0.3) is 0 Å². The van der Waals surface area contributed by atoms with E-state index in [2.05, 4.69) is 4.98 Å². The molecule has 13 heavy (non-hydrogen) atoms. The molecule has 1 aromatic heterocycles. The molecule has 0 radical (unpaired) electrons. The Morgan fingerprint density at radius 1 is 1.54 bits per heavy atom. The van der Waals surface area contributed by atoms with E-state index in [1.54, 1.807) is 17.8 Å². The van der Waals surface area contributed by atoms with Gasteiger partial charge in [0.05, 0.1) is 6.33 Å². The molecular formula is C9H14N2O2. The number of unbranched alkanes of at least 4 members (excludes halogenated alkanes) is 1. The van der Waals surface area contributed by atoms with Gasteiger partial charge in [0.2, 0.25) is 0 Å². The zero-order chi connectivity index (χ0) is 9.68. The summed E-state index contributed by atoms with van der Waals surface area (Å²) in [5, 5.41) is 8.55. The summed E-state index contributed by atoms with van der Waals surface area (Å²) in [6, 6.07) is 1.51. The zero-order valence-electron chi connectivity index (χ0n) is 7.73. The lowest BCUT2D eigenvalue weighted by molar-refractivity contribution is 0.281. The van der Waals surface area contributed by atoms with E-state index in [9.17, 15) is 4.79 Å². The molecule has 0 aliphatic heterocycles. The Balaban J connectivity index is 2.62. The fourth-order valence-corrected chi connectivity index (χ4v) is 1.08. The molecule has 0 amide bonds. The maximum absolute atomic E-state index is 11.3. The Morgan fingerprint density at radius 2 is 2.31 bits per heavy atom. The predicted octanol–water partition coefficient (Wildman–Crippen LogP) is 0.324. The second-order valence-electron chi connectivity index (χ2n) is 2.99. The normalized spacial score (nSPS) is 10.3. The summed E-state index contributed by atoms with van der Waals surface area (Å²) in [6.45, 7) is 2.60. The highest BCUT2D eigenvalue weighted by Crippen LogP contribution is 1.91. The van der Waals surface area contributed by atoms with Gasteiger partial charge in [-0.3, -0.25) is 9.36 Å². The third kappa shape index (κ3) is 2.99. The number of hydrogen-bond donors (Lipinski definition) is 1. The Morgan fingerprint density at radius 3 is 2.92 bits per heavy atom. The van der Waals surface area contributed by atoms with Crippen LogP contribution >= 0.6 is 0 Å². The van der Waals surface area contributed by atoms with Gasteiger partial charge in [0.15, 0.2) is 0 Å². The van der Waals surface area contributed by atoms with Gasteiger partial charge in [-0.25, -0.2) is 4.98 Å². The van der Waals surface area contributed by atoms with Gasteiger partial charge in [-0.1, -0.05) is 0 Å². The molecule has 0 spiro atoms.